The molecule has 0 aliphatic carbocycles. The molecule has 1 N–H and O–H groups in total. The van der Waals surface area contributed by atoms with Crippen molar-refractivity contribution < 1.29 is 9.84 Å². The molecule has 2 rings (SSSR count). The summed E-state index contributed by atoms with van der Waals surface area (Å²) in [6.07, 6.45) is -0.381. The Bertz CT molecular complexity index is 613. The number of benzene rings is 1. The Morgan fingerprint density at radius 2 is 2.00 bits per heavy atom. The molecule has 2 aromatic rings. The van der Waals surface area contributed by atoms with Gasteiger partial charge in [-0.3, -0.25) is 0 Å². The predicted molar refractivity (Wildman–Crippen MR) is 89.0 cm³/mol. The maximum absolute atomic E-state index is 9.91. The van der Waals surface area contributed by atoms with E-state index in [1.54, 1.807) is 0 Å². The zero-order valence-electron chi connectivity index (χ0n) is 13.5. The molecule has 1 atom stereocenters. The van der Waals surface area contributed by atoms with Gasteiger partial charge in [-0.2, -0.15) is 0 Å². The van der Waals surface area contributed by atoms with Crippen molar-refractivity contribution in [3.05, 3.63) is 29.8 Å². The van der Waals surface area contributed by atoms with Crippen molar-refractivity contribution in [3.8, 4) is 11.4 Å². The molecule has 0 spiro atoms. The first-order valence-corrected chi connectivity index (χ1v) is 8.35. The van der Waals surface area contributed by atoms with Crippen molar-refractivity contribution in [2.75, 3.05) is 12.4 Å². The predicted octanol–water partition coefficient (Wildman–Crippen LogP) is 2.67. The summed E-state index contributed by atoms with van der Waals surface area (Å²) >= 11 is 1.49. The third kappa shape index (κ3) is 4.32. The molecule has 6 heteroatoms. The monoisotopic (exact) mass is 321 g/mol. The number of aliphatic hydroxyl groups excluding tert-OH is 1. The van der Waals surface area contributed by atoms with Crippen molar-refractivity contribution >= 4 is 11.8 Å². The zero-order chi connectivity index (χ0) is 16.1. The van der Waals surface area contributed by atoms with Crippen molar-refractivity contribution in [2.24, 2.45) is 7.05 Å². The van der Waals surface area contributed by atoms with E-state index in [0.717, 1.165) is 16.5 Å². The van der Waals surface area contributed by atoms with E-state index in [-0.39, 0.29) is 6.10 Å². The van der Waals surface area contributed by atoms with Crippen molar-refractivity contribution in [1.82, 2.24) is 14.8 Å². The topological polar surface area (TPSA) is 60.2 Å². The molecule has 0 fully saturated rings. The van der Waals surface area contributed by atoms with Crippen LogP contribution in [-0.2, 0) is 11.8 Å². The van der Waals surface area contributed by atoms with E-state index in [1.807, 2.05) is 43.7 Å². The van der Waals surface area contributed by atoms with Gasteiger partial charge < -0.3 is 14.4 Å². The molecule has 22 heavy (non-hydrogen) atoms. The van der Waals surface area contributed by atoms with Crippen LogP contribution in [0.3, 0.4) is 0 Å². The van der Waals surface area contributed by atoms with Crippen LogP contribution >= 0.6 is 11.8 Å². The summed E-state index contributed by atoms with van der Waals surface area (Å²) in [6, 6.07) is 8.11. The second kappa shape index (κ2) is 7.76. The Labute approximate surface area is 135 Å². The number of aliphatic hydroxyl groups is 1. The largest absolute Gasteiger partial charge is 0.390 e. The van der Waals surface area contributed by atoms with E-state index in [2.05, 4.69) is 23.2 Å². The number of hydrogen-bond acceptors (Lipinski definition) is 5. The molecule has 120 valence electrons. The standard InChI is InChI=1S/C16H23N3O2S/c1-11(2)21-9-13(20)10-22-16-18-17-15(19(16)4)14-8-6-5-7-12(14)3/h5-8,11,13,20H,9-10H2,1-4H3. The summed E-state index contributed by atoms with van der Waals surface area (Å²) < 4.78 is 7.37. The van der Waals surface area contributed by atoms with Crippen molar-refractivity contribution in [3.63, 3.8) is 0 Å². The van der Waals surface area contributed by atoms with Gasteiger partial charge in [0.1, 0.15) is 0 Å². The quantitative estimate of drug-likeness (QED) is 0.795. The molecule has 1 aromatic carbocycles. The lowest BCUT2D eigenvalue weighted by molar-refractivity contribution is 0.0152. The van der Waals surface area contributed by atoms with Gasteiger partial charge in [-0.05, 0) is 26.3 Å². The summed E-state index contributed by atoms with van der Waals surface area (Å²) in [4.78, 5) is 0. The maximum Gasteiger partial charge on any atom is 0.191 e. The Morgan fingerprint density at radius 1 is 1.27 bits per heavy atom. The molecular formula is C16H23N3O2S. The van der Waals surface area contributed by atoms with Gasteiger partial charge in [0.05, 0.1) is 18.8 Å². The minimum absolute atomic E-state index is 0.127. The fourth-order valence-corrected chi connectivity index (χ4v) is 2.84. The van der Waals surface area contributed by atoms with E-state index in [0.29, 0.717) is 12.4 Å². The molecule has 1 unspecified atom stereocenters. The highest BCUT2D eigenvalue weighted by Gasteiger charge is 2.14. The fraction of sp³-hybridized carbons (Fsp3) is 0.500. The van der Waals surface area contributed by atoms with Gasteiger partial charge in [-0.15, -0.1) is 10.2 Å². The minimum Gasteiger partial charge on any atom is -0.390 e. The summed E-state index contributed by atoms with van der Waals surface area (Å²) in [6.45, 7) is 6.31. The SMILES string of the molecule is Cc1ccccc1-c1nnc(SCC(O)COC(C)C)n1C. The van der Waals surface area contributed by atoms with Gasteiger partial charge in [0, 0.05) is 18.4 Å². The Balaban J connectivity index is 2.01. The average Bonchev–Trinajstić information content (AvgIpc) is 2.84. The van der Waals surface area contributed by atoms with Gasteiger partial charge in [0.2, 0.25) is 0 Å². The molecule has 0 aliphatic heterocycles. The Morgan fingerprint density at radius 3 is 2.68 bits per heavy atom. The summed E-state index contributed by atoms with van der Waals surface area (Å²) in [5.41, 5.74) is 2.24. The van der Waals surface area contributed by atoms with Gasteiger partial charge in [-0.1, -0.05) is 36.0 Å². The smallest absolute Gasteiger partial charge is 0.191 e. The average molecular weight is 321 g/mol. The molecule has 0 amide bonds. The highest BCUT2D eigenvalue weighted by Crippen LogP contribution is 2.25. The van der Waals surface area contributed by atoms with E-state index >= 15 is 0 Å². The van der Waals surface area contributed by atoms with E-state index in [1.165, 1.54) is 17.3 Å². The second-order valence-corrected chi connectivity index (χ2v) is 6.51. The highest BCUT2D eigenvalue weighted by atomic mass is 32.2. The van der Waals surface area contributed by atoms with Crippen LogP contribution in [-0.4, -0.2) is 44.4 Å². The van der Waals surface area contributed by atoms with Crippen molar-refractivity contribution in [1.29, 1.82) is 0 Å². The zero-order valence-corrected chi connectivity index (χ0v) is 14.3. The number of ether oxygens (including phenoxy) is 1. The third-order valence-electron chi connectivity index (χ3n) is 3.25. The van der Waals surface area contributed by atoms with Crippen LogP contribution in [0.25, 0.3) is 11.4 Å². The molecule has 0 bridgehead atoms. The van der Waals surface area contributed by atoms with Crippen LogP contribution in [0, 0.1) is 6.92 Å². The summed E-state index contributed by atoms with van der Waals surface area (Å²) in [5, 5.41) is 19.2. The molecule has 1 aromatic heterocycles. The third-order valence-corrected chi connectivity index (χ3v) is 4.41. The number of thioether (sulfide) groups is 1. The number of nitrogens with zero attached hydrogens (tertiary/aromatic N) is 3. The van der Waals surface area contributed by atoms with Crippen molar-refractivity contribution in [2.45, 2.75) is 38.1 Å². The van der Waals surface area contributed by atoms with Gasteiger partial charge >= 0.3 is 0 Å². The summed E-state index contributed by atoms with van der Waals surface area (Å²) in [5.74, 6) is 1.38. The molecule has 0 radical (unpaired) electrons. The lowest BCUT2D eigenvalue weighted by Crippen LogP contribution is -2.20. The molecule has 0 saturated carbocycles. The van der Waals surface area contributed by atoms with Crippen LogP contribution in [0.4, 0.5) is 0 Å². The van der Waals surface area contributed by atoms with Gasteiger partial charge in [-0.25, -0.2) is 0 Å². The fourth-order valence-electron chi connectivity index (χ4n) is 2.02. The second-order valence-electron chi connectivity index (χ2n) is 5.53. The van der Waals surface area contributed by atoms with Crippen LogP contribution in [0.2, 0.25) is 0 Å². The maximum atomic E-state index is 9.91. The first kappa shape index (κ1) is 17.0. The van der Waals surface area contributed by atoms with E-state index in [4.69, 9.17) is 4.74 Å². The van der Waals surface area contributed by atoms with E-state index < -0.39 is 6.10 Å². The van der Waals surface area contributed by atoms with Gasteiger partial charge in [0.15, 0.2) is 11.0 Å². The number of aromatic nitrogens is 3. The number of aryl methyl sites for hydroxylation is 1. The van der Waals surface area contributed by atoms with E-state index in [9.17, 15) is 5.11 Å². The summed E-state index contributed by atoms with van der Waals surface area (Å²) in [7, 11) is 1.95. The molecule has 5 nitrogen and oxygen atoms in total. The van der Waals surface area contributed by atoms with Crippen LogP contribution < -0.4 is 0 Å². The Kier molecular flexibility index (Phi) is 5.99. The normalized spacial score (nSPS) is 12.8. The van der Waals surface area contributed by atoms with Crippen LogP contribution in [0.5, 0.6) is 0 Å². The molecular weight excluding hydrogens is 298 g/mol. The highest BCUT2D eigenvalue weighted by molar-refractivity contribution is 7.99. The lowest BCUT2D eigenvalue weighted by Gasteiger charge is -2.12. The first-order valence-electron chi connectivity index (χ1n) is 7.37. The molecule has 1 heterocycles. The minimum atomic E-state index is -0.508. The first-order chi connectivity index (χ1) is 10.5. The van der Waals surface area contributed by atoms with Crippen LogP contribution in [0.1, 0.15) is 19.4 Å². The number of rotatable bonds is 7. The Hall–Kier alpha value is -1.37. The van der Waals surface area contributed by atoms with Crippen LogP contribution in [0.15, 0.2) is 29.4 Å². The molecule has 0 aliphatic rings. The number of hydrogen-bond donors (Lipinski definition) is 1. The molecule has 0 saturated heterocycles. The lowest BCUT2D eigenvalue weighted by atomic mass is 10.1. The van der Waals surface area contributed by atoms with Gasteiger partial charge in [0.25, 0.3) is 0 Å².